The molecule has 0 aliphatic carbocycles. The molecule has 0 bridgehead atoms. The van der Waals surface area contributed by atoms with E-state index in [-0.39, 0.29) is 6.10 Å². The number of thiophene rings is 1. The van der Waals surface area contributed by atoms with Crippen molar-refractivity contribution in [1.82, 2.24) is 5.32 Å². The fourth-order valence-electron chi connectivity index (χ4n) is 1.33. The fourth-order valence-corrected chi connectivity index (χ4v) is 2.90. The van der Waals surface area contributed by atoms with Gasteiger partial charge in [0.2, 0.25) is 0 Å². The fraction of sp³-hybridized carbons (Fsp3) is 0.692. The van der Waals surface area contributed by atoms with Crippen LogP contribution >= 0.6 is 23.1 Å². The van der Waals surface area contributed by atoms with Crippen molar-refractivity contribution in [2.45, 2.75) is 44.6 Å². The molecule has 0 saturated carbocycles. The van der Waals surface area contributed by atoms with Gasteiger partial charge in [0.1, 0.15) is 0 Å². The van der Waals surface area contributed by atoms with Crippen LogP contribution in [0.5, 0.6) is 0 Å². The Balaban J connectivity index is 2.22. The molecule has 0 aliphatic heterocycles. The molecule has 0 amide bonds. The summed E-state index contributed by atoms with van der Waals surface area (Å²) in [4.78, 5) is 0. The Morgan fingerprint density at radius 1 is 1.47 bits per heavy atom. The molecular weight excluding hydrogens is 250 g/mol. The van der Waals surface area contributed by atoms with Crippen LogP contribution in [0.3, 0.4) is 0 Å². The lowest BCUT2D eigenvalue weighted by atomic mass is 10.2. The van der Waals surface area contributed by atoms with Crippen LogP contribution in [0, 0.1) is 0 Å². The van der Waals surface area contributed by atoms with E-state index in [1.807, 2.05) is 28.6 Å². The van der Waals surface area contributed by atoms with E-state index in [9.17, 15) is 5.11 Å². The Hall–Kier alpha value is -0.0300. The van der Waals surface area contributed by atoms with Crippen molar-refractivity contribution in [1.29, 1.82) is 0 Å². The lowest BCUT2D eigenvalue weighted by Gasteiger charge is -2.22. The number of nitrogens with one attached hydrogen (secondary N) is 1. The zero-order valence-corrected chi connectivity index (χ0v) is 12.7. The maximum Gasteiger partial charge on any atom is 0.0922 e. The van der Waals surface area contributed by atoms with E-state index in [4.69, 9.17) is 0 Å². The van der Waals surface area contributed by atoms with Crippen molar-refractivity contribution < 1.29 is 5.11 Å². The summed E-state index contributed by atoms with van der Waals surface area (Å²) in [5.41, 5.74) is 1.01. The van der Waals surface area contributed by atoms with E-state index in [0.29, 0.717) is 17.3 Å². The van der Waals surface area contributed by atoms with Gasteiger partial charge in [-0.05, 0) is 29.3 Å². The highest BCUT2D eigenvalue weighted by Gasteiger charge is 2.14. The summed E-state index contributed by atoms with van der Waals surface area (Å²) in [5.74, 6) is 1.07. The van der Waals surface area contributed by atoms with Crippen molar-refractivity contribution in [2.75, 3.05) is 12.3 Å². The van der Waals surface area contributed by atoms with Crippen LogP contribution in [-0.4, -0.2) is 28.2 Å². The SMILES string of the molecule is C[C@@H](CSC(C)(C)C)NC[C@H](O)c1ccsc1. The van der Waals surface area contributed by atoms with Gasteiger partial charge in [-0.25, -0.2) is 0 Å². The smallest absolute Gasteiger partial charge is 0.0922 e. The van der Waals surface area contributed by atoms with Crippen LogP contribution in [0.1, 0.15) is 39.4 Å². The van der Waals surface area contributed by atoms with E-state index in [1.165, 1.54) is 0 Å². The Morgan fingerprint density at radius 2 is 2.18 bits per heavy atom. The maximum absolute atomic E-state index is 9.92. The third kappa shape index (κ3) is 6.46. The minimum Gasteiger partial charge on any atom is -0.387 e. The Labute approximate surface area is 113 Å². The predicted octanol–water partition coefficient (Wildman–Crippen LogP) is 3.29. The Morgan fingerprint density at radius 3 is 2.71 bits per heavy atom. The summed E-state index contributed by atoms with van der Waals surface area (Å²) in [5, 5.41) is 17.3. The minimum absolute atomic E-state index is 0.307. The molecule has 4 heteroatoms. The molecule has 0 unspecified atom stereocenters. The lowest BCUT2D eigenvalue weighted by molar-refractivity contribution is 0.172. The zero-order chi connectivity index (χ0) is 12.9. The third-order valence-electron chi connectivity index (χ3n) is 2.35. The van der Waals surface area contributed by atoms with Gasteiger partial charge in [-0.2, -0.15) is 23.1 Å². The second kappa shape index (κ2) is 6.78. The molecule has 0 saturated heterocycles. The molecule has 98 valence electrons. The molecular formula is C13H23NOS2. The van der Waals surface area contributed by atoms with Gasteiger partial charge in [-0.1, -0.05) is 20.8 Å². The van der Waals surface area contributed by atoms with Crippen molar-refractivity contribution in [3.8, 4) is 0 Å². The lowest BCUT2D eigenvalue weighted by Crippen LogP contribution is -2.33. The molecule has 1 heterocycles. The van der Waals surface area contributed by atoms with E-state index < -0.39 is 0 Å². The standard InChI is InChI=1S/C13H23NOS2/c1-10(8-17-13(2,3)4)14-7-12(15)11-5-6-16-9-11/h5-6,9-10,12,14-15H,7-8H2,1-4H3/t10-,12-/m0/s1. The quantitative estimate of drug-likeness (QED) is 0.834. The molecule has 0 spiro atoms. The van der Waals surface area contributed by atoms with Gasteiger partial charge >= 0.3 is 0 Å². The van der Waals surface area contributed by atoms with Crippen LogP contribution in [0.2, 0.25) is 0 Å². The van der Waals surface area contributed by atoms with Gasteiger partial charge in [-0.15, -0.1) is 0 Å². The highest BCUT2D eigenvalue weighted by atomic mass is 32.2. The van der Waals surface area contributed by atoms with Crippen LogP contribution in [0.25, 0.3) is 0 Å². The van der Waals surface area contributed by atoms with Gasteiger partial charge in [0.15, 0.2) is 0 Å². The summed E-state index contributed by atoms with van der Waals surface area (Å²) in [6, 6.07) is 2.40. The predicted molar refractivity (Wildman–Crippen MR) is 79.0 cm³/mol. The molecule has 1 rings (SSSR count). The molecule has 2 nitrogen and oxygen atoms in total. The molecule has 2 atom stereocenters. The second-order valence-corrected chi connectivity index (χ2v) is 7.93. The molecule has 0 aromatic carbocycles. The van der Waals surface area contributed by atoms with Crippen LogP contribution in [-0.2, 0) is 0 Å². The molecule has 17 heavy (non-hydrogen) atoms. The van der Waals surface area contributed by atoms with Gasteiger partial charge in [0.05, 0.1) is 6.10 Å². The summed E-state index contributed by atoms with van der Waals surface area (Å²) in [7, 11) is 0. The van der Waals surface area contributed by atoms with Crippen LogP contribution in [0.4, 0.5) is 0 Å². The first kappa shape index (κ1) is 15.0. The summed E-state index contributed by atoms with van der Waals surface area (Å²) >= 11 is 3.57. The molecule has 1 aromatic heterocycles. The topological polar surface area (TPSA) is 32.3 Å². The average molecular weight is 273 g/mol. The Kier molecular flexibility index (Phi) is 6.00. The summed E-state index contributed by atoms with van der Waals surface area (Å²) < 4.78 is 0.307. The van der Waals surface area contributed by atoms with Gasteiger partial charge in [-0.3, -0.25) is 0 Å². The highest BCUT2D eigenvalue weighted by Crippen LogP contribution is 2.23. The number of thioether (sulfide) groups is 1. The van der Waals surface area contributed by atoms with Crippen molar-refractivity contribution >= 4 is 23.1 Å². The molecule has 0 radical (unpaired) electrons. The van der Waals surface area contributed by atoms with Gasteiger partial charge in [0, 0.05) is 23.1 Å². The first-order valence-corrected chi connectivity index (χ1v) is 7.89. The summed E-state index contributed by atoms with van der Waals surface area (Å²) in [6.07, 6.45) is -0.386. The molecule has 0 aliphatic rings. The van der Waals surface area contributed by atoms with E-state index in [0.717, 1.165) is 11.3 Å². The van der Waals surface area contributed by atoms with Crippen molar-refractivity contribution in [3.05, 3.63) is 22.4 Å². The first-order valence-electron chi connectivity index (χ1n) is 5.96. The van der Waals surface area contributed by atoms with Crippen LogP contribution in [0.15, 0.2) is 16.8 Å². The normalized spacial score (nSPS) is 15.8. The largest absolute Gasteiger partial charge is 0.387 e. The first-order chi connectivity index (χ1) is 7.88. The minimum atomic E-state index is -0.386. The van der Waals surface area contributed by atoms with Gasteiger partial charge < -0.3 is 10.4 Å². The number of hydrogen-bond acceptors (Lipinski definition) is 4. The maximum atomic E-state index is 9.92. The van der Waals surface area contributed by atoms with Crippen molar-refractivity contribution in [3.63, 3.8) is 0 Å². The monoisotopic (exact) mass is 273 g/mol. The molecule has 2 N–H and O–H groups in total. The number of aliphatic hydroxyl groups is 1. The van der Waals surface area contributed by atoms with E-state index in [2.05, 4.69) is 33.0 Å². The number of aliphatic hydroxyl groups excluding tert-OH is 1. The Bertz CT molecular complexity index is 306. The van der Waals surface area contributed by atoms with E-state index in [1.54, 1.807) is 11.3 Å². The summed E-state index contributed by atoms with van der Waals surface area (Å²) in [6.45, 7) is 9.47. The second-order valence-electron chi connectivity index (χ2n) is 5.31. The molecule has 1 aromatic rings. The van der Waals surface area contributed by atoms with Crippen molar-refractivity contribution in [2.24, 2.45) is 0 Å². The average Bonchev–Trinajstić information content (AvgIpc) is 2.75. The van der Waals surface area contributed by atoms with E-state index >= 15 is 0 Å². The molecule has 0 fully saturated rings. The van der Waals surface area contributed by atoms with Crippen LogP contribution < -0.4 is 5.32 Å². The zero-order valence-electron chi connectivity index (χ0n) is 11.1. The number of rotatable bonds is 6. The number of hydrogen-bond donors (Lipinski definition) is 2. The third-order valence-corrected chi connectivity index (χ3v) is 4.59. The van der Waals surface area contributed by atoms with Gasteiger partial charge in [0.25, 0.3) is 0 Å². The highest BCUT2D eigenvalue weighted by molar-refractivity contribution is 8.00.